The summed E-state index contributed by atoms with van der Waals surface area (Å²) < 4.78 is 0. The minimum atomic E-state index is -1.83. The molecule has 8 heteroatoms. The molecule has 98 valence electrons. The maximum absolute atomic E-state index is 10.9. The Hall–Kier alpha value is -2.90. The van der Waals surface area contributed by atoms with Crippen LogP contribution >= 0.6 is 0 Å². The van der Waals surface area contributed by atoms with Crippen LogP contribution in [0.4, 0.5) is 0 Å². The zero-order valence-electron chi connectivity index (χ0n) is 8.58. The monoisotopic (exact) mass is 258 g/mol. The highest BCUT2D eigenvalue weighted by Gasteiger charge is 2.29. The molecule has 4 N–H and O–H groups in total. The molecule has 0 saturated carbocycles. The van der Waals surface area contributed by atoms with Gasteiger partial charge in [0.1, 0.15) is 0 Å². The topological polar surface area (TPSA) is 149 Å². The maximum Gasteiger partial charge on any atom is 0.337 e. The van der Waals surface area contributed by atoms with Gasteiger partial charge in [-0.1, -0.05) is 0 Å². The molecule has 8 nitrogen and oxygen atoms in total. The zero-order valence-corrected chi connectivity index (χ0v) is 8.58. The number of carbonyl (C=O) groups is 4. The molecule has 18 heavy (non-hydrogen) atoms. The average Bonchev–Trinajstić information content (AvgIpc) is 2.26. The van der Waals surface area contributed by atoms with Crippen LogP contribution in [0.1, 0.15) is 44.3 Å². The van der Waals surface area contributed by atoms with Gasteiger partial charge < -0.3 is 20.4 Å². The fourth-order valence-electron chi connectivity index (χ4n) is 1.40. The first-order valence-electron chi connectivity index (χ1n) is 4.37. The van der Waals surface area contributed by atoms with Crippen LogP contribution in [-0.4, -0.2) is 44.3 Å². The smallest absolute Gasteiger partial charge is 0.337 e. The fourth-order valence-corrected chi connectivity index (χ4v) is 1.40. The Labute approximate surface area is 102 Å². The first-order valence-corrected chi connectivity index (χ1v) is 4.37. The Kier molecular flexibility index (Phi) is 3.32. The maximum atomic E-state index is 10.9. The second kappa shape index (κ2) is 4.53. The number of benzene rings is 1. The van der Waals surface area contributed by atoms with Crippen molar-refractivity contribution in [1.82, 2.24) is 0 Å². The second-order valence-electron chi connectivity index (χ2n) is 3.13. The standard InChI is InChI=1S/C10H6O8.2H2/c11-7(12)3-1-2-4(8(13)14)6(10(17)18)5(3)9(15)16;;/h1-2H,(H,11,12)(H,13,14)(H,15,16)(H,17,18);2*1H. The first-order chi connectivity index (χ1) is 8.27. The minimum Gasteiger partial charge on any atom is -0.478 e. The van der Waals surface area contributed by atoms with E-state index in [1.807, 2.05) is 0 Å². The molecule has 0 spiro atoms. The van der Waals surface area contributed by atoms with E-state index < -0.39 is 46.1 Å². The van der Waals surface area contributed by atoms with E-state index in [0.717, 1.165) is 12.1 Å². The number of hydrogen-bond acceptors (Lipinski definition) is 4. The van der Waals surface area contributed by atoms with Gasteiger partial charge in [-0.25, -0.2) is 19.2 Å². The fraction of sp³-hybridized carbons (Fsp3) is 0. The second-order valence-corrected chi connectivity index (χ2v) is 3.13. The minimum absolute atomic E-state index is 0. The number of carboxylic acid groups (broad SMARTS) is 4. The van der Waals surface area contributed by atoms with Crippen LogP contribution in [0.15, 0.2) is 12.1 Å². The summed E-state index contributed by atoms with van der Waals surface area (Å²) in [5.74, 6) is -6.97. The van der Waals surface area contributed by atoms with Crippen LogP contribution in [0.2, 0.25) is 0 Å². The van der Waals surface area contributed by atoms with Crippen molar-refractivity contribution < 1.29 is 42.5 Å². The molecule has 0 unspecified atom stereocenters. The van der Waals surface area contributed by atoms with Crippen LogP contribution < -0.4 is 0 Å². The zero-order chi connectivity index (χ0) is 14.0. The molecule has 0 amide bonds. The third kappa shape index (κ3) is 2.12. The van der Waals surface area contributed by atoms with Gasteiger partial charge in [0.2, 0.25) is 0 Å². The summed E-state index contributed by atoms with van der Waals surface area (Å²) in [5, 5.41) is 35.2. The van der Waals surface area contributed by atoms with E-state index in [2.05, 4.69) is 0 Å². The lowest BCUT2D eigenvalue weighted by Gasteiger charge is -2.08. The molecule has 1 aromatic rings. The van der Waals surface area contributed by atoms with Crippen LogP contribution in [0.5, 0.6) is 0 Å². The van der Waals surface area contributed by atoms with Crippen molar-refractivity contribution in [1.29, 1.82) is 0 Å². The molecule has 0 aliphatic carbocycles. The van der Waals surface area contributed by atoms with E-state index in [9.17, 15) is 19.2 Å². The van der Waals surface area contributed by atoms with Gasteiger partial charge in [0.05, 0.1) is 22.3 Å². The lowest BCUT2D eigenvalue weighted by Crippen LogP contribution is -2.19. The highest BCUT2D eigenvalue weighted by atomic mass is 16.4. The van der Waals surface area contributed by atoms with Crippen LogP contribution in [0.25, 0.3) is 0 Å². The number of aromatic carboxylic acids is 4. The van der Waals surface area contributed by atoms with Crippen molar-refractivity contribution >= 4 is 23.9 Å². The van der Waals surface area contributed by atoms with Gasteiger partial charge in [-0.3, -0.25) is 0 Å². The lowest BCUT2D eigenvalue weighted by molar-refractivity contribution is 0.0619. The van der Waals surface area contributed by atoms with Crippen molar-refractivity contribution in [2.24, 2.45) is 0 Å². The van der Waals surface area contributed by atoms with Gasteiger partial charge in [0.15, 0.2) is 0 Å². The largest absolute Gasteiger partial charge is 0.478 e. The number of rotatable bonds is 4. The summed E-state index contributed by atoms with van der Waals surface area (Å²) in [6.07, 6.45) is 0. The Bertz CT molecular complexity index is 530. The third-order valence-electron chi connectivity index (χ3n) is 2.09. The van der Waals surface area contributed by atoms with E-state index in [4.69, 9.17) is 20.4 Å². The van der Waals surface area contributed by atoms with Gasteiger partial charge in [-0.2, -0.15) is 0 Å². The van der Waals surface area contributed by atoms with E-state index in [-0.39, 0.29) is 2.85 Å². The third-order valence-corrected chi connectivity index (χ3v) is 2.09. The molecule has 0 radical (unpaired) electrons. The molecule has 0 aliphatic rings. The number of hydrogen-bond donors (Lipinski definition) is 4. The number of carboxylic acids is 4. The predicted octanol–water partition coefficient (Wildman–Crippen LogP) is 0.971. The molecule has 0 fully saturated rings. The van der Waals surface area contributed by atoms with E-state index in [0.29, 0.717) is 0 Å². The Morgan fingerprint density at radius 1 is 0.667 bits per heavy atom. The van der Waals surface area contributed by atoms with Crippen LogP contribution in [0, 0.1) is 0 Å². The summed E-state index contributed by atoms with van der Waals surface area (Å²) in [6, 6.07) is 1.48. The van der Waals surface area contributed by atoms with E-state index >= 15 is 0 Å². The van der Waals surface area contributed by atoms with E-state index in [1.54, 1.807) is 0 Å². The highest BCUT2D eigenvalue weighted by Crippen LogP contribution is 2.20. The van der Waals surface area contributed by atoms with Gasteiger partial charge >= 0.3 is 23.9 Å². The molecule has 0 aromatic heterocycles. The molecule has 1 aromatic carbocycles. The van der Waals surface area contributed by atoms with Gasteiger partial charge in [-0.05, 0) is 12.1 Å². The average molecular weight is 258 g/mol. The molecule has 1 rings (SSSR count). The van der Waals surface area contributed by atoms with Crippen molar-refractivity contribution in [2.75, 3.05) is 0 Å². The Morgan fingerprint density at radius 3 is 1.11 bits per heavy atom. The summed E-state index contributed by atoms with van der Waals surface area (Å²) in [5.41, 5.74) is -3.69. The highest BCUT2D eigenvalue weighted by molar-refractivity contribution is 6.13. The lowest BCUT2D eigenvalue weighted by atomic mass is 9.95. The quantitative estimate of drug-likeness (QED) is 0.623. The SMILES string of the molecule is O=C(O)c1ccc(C(=O)O)c(C(=O)O)c1C(=O)O.[HH].[HH]. The van der Waals surface area contributed by atoms with Crippen molar-refractivity contribution in [2.45, 2.75) is 0 Å². The normalized spacial score (nSPS) is 9.78. The van der Waals surface area contributed by atoms with Crippen LogP contribution in [-0.2, 0) is 0 Å². The summed E-state index contributed by atoms with van der Waals surface area (Å²) in [4.78, 5) is 43.4. The van der Waals surface area contributed by atoms with Crippen molar-refractivity contribution in [3.8, 4) is 0 Å². The van der Waals surface area contributed by atoms with Crippen LogP contribution in [0.3, 0.4) is 0 Å². The molecule has 0 bridgehead atoms. The predicted molar refractivity (Wildman–Crippen MR) is 58.5 cm³/mol. The van der Waals surface area contributed by atoms with E-state index in [1.165, 1.54) is 0 Å². The van der Waals surface area contributed by atoms with Gasteiger partial charge in [-0.15, -0.1) is 0 Å². The molecular weight excluding hydrogens is 248 g/mol. The molecule has 0 aliphatic heterocycles. The summed E-state index contributed by atoms with van der Waals surface area (Å²) in [7, 11) is 0. The Morgan fingerprint density at radius 2 is 0.944 bits per heavy atom. The molecule has 0 atom stereocenters. The molecule has 0 heterocycles. The Balaban J connectivity index is 0. The summed E-state index contributed by atoms with van der Waals surface area (Å²) in [6.45, 7) is 0. The molecular formula is C10H10O8. The molecule has 0 saturated heterocycles. The summed E-state index contributed by atoms with van der Waals surface area (Å²) >= 11 is 0. The van der Waals surface area contributed by atoms with Crippen molar-refractivity contribution in [3.63, 3.8) is 0 Å². The van der Waals surface area contributed by atoms with Crippen molar-refractivity contribution in [3.05, 3.63) is 34.4 Å². The van der Waals surface area contributed by atoms with Gasteiger partial charge in [0.25, 0.3) is 0 Å². The first kappa shape index (κ1) is 13.2. The van der Waals surface area contributed by atoms with Gasteiger partial charge in [0, 0.05) is 2.85 Å².